The van der Waals surface area contributed by atoms with Crippen molar-refractivity contribution < 1.29 is 33.3 Å². The van der Waals surface area contributed by atoms with Gasteiger partial charge in [0.2, 0.25) is 23.0 Å². The lowest BCUT2D eigenvalue weighted by molar-refractivity contribution is -0.142. The topological polar surface area (TPSA) is 154 Å². The molecule has 13 heteroatoms. The highest BCUT2D eigenvalue weighted by Gasteiger charge is 2.29. The molecule has 0 radical (unpaired) electrons. The molecule has 1 aliphatic rings. The van der Waals surface area contributed by atoms with E-state index in [0.717, 1.165) is 11.1 Å². The van der Waals surface area contributed by atoms with Crippen LogP contribution in [0.15, 0.2) is 34.4 Å². The lowest BCUT2D eigenvalue weighted by Gasteiger charge is -2.19. The fourth-order valence-electron chi connectivity index (χ4n) is 5.14. The molecule has 2 atom stereocenters. The van der Waals surface area contributed by atoms with Crippen LogP contribution in [0.2, 0.25) is 0 Å². The SMILES string of the molecule is CCOC(=O)Cc1csc(NC(=O)[C@@H](C)Nc2ccc3c(cc2=O)[C@@H](NC(C)=O)CCc2cc(OC)c(OC)c(OC)c2-3)n1. The number of nitrogens with one attached hydrogen (secondary N) is 3. The number of thiazole rings is 1. The van der Waals surface area contributed by atoms with Crippen molar-refractivity contribution in [2.75, 3.05) is 38.6 Å². The van der Waals surface area contributed by atoms with Crippen molar-refractivity contribution in [2.45, 2.75) is 52.1 Å². The Labute approximate surface area is 259 Å². The molecule has 3 N–H and O–H groups in total. The highest BCUT2D eigenvalue weighted by molar-refractivity contribution is 7.13. The standard InChI is InChI=1S/C31H36N4O8S/c1-7-43-26(38)13-19-15-44-31(34-19)35-30(39)16(2)32-23-11-9-20-21(14-24(23)37)22(33-17(3)36)10-8-18-12-25(40-4)28(41-5)29(42-6)27(18)20/h9,11-12,14-16,22H,7-8,10,13H2,1-6H3,(H,32,37)(H,33,36)(H,34,35,39)/t16-,22+/m1/s1. The molecule has 1 heterocycles. The minimum atomic E-state index is -0.820. The summed E-state index contributed by atoms with van der Waals surface area (Å²) in [6, 6.07) is 5.47. The number of hydrogen-bond acceptors (Lipinski definition) is 11. The Balaban J connectivity index is 1.69. The number of methoxy groups -OCH3 is 3. The number of esters is 1. The van der Waals surface area contributed by atoms with Gasteiger partial charge in [-0.25, -0.2) is 4.98 Å². The summed E-state index contributed by atoms with van der Waals surface area (Å²) in [7, 11) is 4.60. The van der Waals surface area contributed by atoms with Gasteiger partial charge in [-0.15, -0.1) is 11.3 Å². The maximum absolute atomic E-state index is 13.6. The highest BCUT2D eigenvalue weighted by Crippen LogP contribution is 2.50. The lowest BCUT2D eigenvalue weighted by Crippen LogP contribution is -2.33. The summed E-state index contributed by atoms with van der Waals surface area (Å²) in [5, 5.41) is 10.7. The summed E-state index contributed by atoms with van der Waals surface area (Å²) in [5.41, 5.74) is 3.22. The second-order valence-corrected chi connectivity index (χ2v) is 10.9. The molecule has 2 amide bonds. The Hall–Kier alpha value is -4.65. The predicted octanol–water partition coefficient (Wildman–Crippen LogP) is 3.86. The van der Waals surface area contributed by atoms with Crippen LogP contribution in [-0.2, 0) is 32.0 Å². The van der Waals surface area contributed by atoms with Gasteiger partial charge in [0.05, 0.1) is 51.8 Å². The zero-order valence-electron chi connectivity index (χ0n) is 25.5. The van der Waals surface area contributed by atoms with E-state index in [9.17, 15) is 19.2 Å². The third-order valence-corrected chi connectivity index (χ3v) is 7.90. The van der Waals surface area contributed by atoms with E-state index in [4.69, 9.17) is 18.9 Å². The van der Waals surface area contributed by atoms with E-state index >= 15 is 0 Å². The molecule has 1 aliphatic carbocycles. The molecule has 4 rings (SSSR count). The molecule has 234 valence electrons. The maximum Gasteiger partial charge on any atom is 0.311 e. The van der Waals surface area contributed by atoms with Crippen molar-refractivity contribution in [3.63, 3.8) is 0 Å². The minimum absolute atomic E-state index is 0.00475. The molecule has 0 aliphatic heterocycles. The van der Waals surface area contributed by atoms with Gasteiger partial charge in [0.15, 0.2) is 16.6 Å². The molecule has 0 bridgehead atoms. The third-order valence-electron chi connectivity index (χ3n) is 7.09. The number of fused-ring (bicyclic) bond motifs is 3. The van der Waals surface area contributed by atoms with Crippen LogP contribution in [0.4, 0.5) is 10.8 Å². The van der Waals surface area contributed by atoms with Gasteiger partial charge in [-0.3, -0.25) is 19.2 Å². The number of hydrogen-bond donors (Lipinski definition) is 3. The molecule has 44 heavy (non-hydrogen) atoms. The van der Waals surface area contributed by atoms with Gasteiger partial charge in [0.25, 0.3) is 0 Å². The summed E-state index contributed by atoms with van der Waals surface area (Å²) in [5.74, 6) is 0.296. The Morgan fingerprint density at radius 1 is 1.09 bits per heavy atom. The first kappa shape index (κ1) is 32.3. The largest absolute Gasteiger partial charge is 0.493 e. The molecule has 0 saturated heterocycles. The fourth-order valence-corrected chi connectivity index (χ4v) is 5.86. The number of benzene rings is 1. The van der Waals surface area contributed by atoms with Crippen molar-refractivity contribution in [1.82, 2.24) is 10.3 Å². The van der Waals surface area contributed by atoms with Crippen molar-refractivity contribution in [3.8, 4) is 28.4 Å². The number of nitrogens with zero attached hydrogens (tertiary/aromatic N) is 1. The number of ether oxygens (including phenoxy) is 4. The number of aromatic nitrogens is 1. The summed E-state index contributed by atoms with van der Waals surface area (Å²) in [6.07, 6.45) is 1.10. The number of carbonyl (C=O) groups is 3. The highest BCUT2D eigenvalue weighted by atomic mass is 32.1. The van der Waals surface area contributed by atoms with E-state index in [1.165, 1.54) is 38.5 Å². The molecule has 0 unspecified atom stereocenters. The Bertz CT molecular complexity index is 1620. The van der Waals surface area contributed by atoms with Crippen LogP contribution in [0.1, 0.15) is 50.1 Å². The average molecular weight is 625 g/mol. The van der Waals surface area contributed by atoms with Crippen molar-refractivity contribution in [1.29, 1.82) is 0 Å². The zero-order chi connectivity index (χ0) is 32.0. The maximum atomic E-state index is 13.6. The number of amides is 2. The van der Waals surface area contributed by atoms with Gasteiger partial charge in [-0.05, 0) is 61.6 Å². The number of aryl methyl sites for hydroxylation is 1. The van der Waals surface area contributed by atoms with Gasteiger partial charge < -0.3 is 34.9 Å². The quantitative estimate of drug-likeness (QED) is 0.268. The summed E-state index contributed by atoms with van der Waals surface area (Å²) in [6.45, 7) is 5.05. The van der Waals surface area contributed by atoms with E-state index in [1.807, 2.05) is 6.07 Å². The van der Waals surface area contributed by atoms with Crippen molar-refractivity contribution >= 4 is 39.9 Å². The minimum Gasteiger partial charge on any atom is -0.493 e. The fraction of sp³-hybridized carbons (Fsp3) is 0.387. The molecule has 2 aromatic carbocycles. The predicted molar refractivity (Wildman–Crippen MR) is 167 cm³/mol. The van der Waals surface area contributed by atoms with E-state index in [-0.39, 0.29) is 30.1 Å². The molecule has 12 nitrogen and oxygen atoms in total. The number of anilines is 2. The molecular weight excluding hydrogens is 588 g/mol. The molecule has 0 fully saturated rings. The first-order valence-electron chi connectivity index (χ1n) is 14.0. The molecule has 3 aromatic rings. The smallest absolute Gasteiger partial charge is 0.311 e. The van der Waals surface area contributed by atoms with Gasteiger partial charge in [-0.2, -0.15) is 0 Å². The van der Waals surface area contributed by atoms with Crippen LogP contribution in [0, 0.1) is 0 Å². The van der Waals surface area contributed by atoms with Gasteiger partial charge >= 0.3 is 5.97 Å². The van der Waals surface area contributed by atoms with Gasteiger partial charge in [-0.1, -0.05) is 6.07 Å². The summed E-state index contributed by atoms with van der Waals surface area (Å²) >= 11 is 1.18. The van der Waals surface area contributed by atoms with E-state index in [0.29, 0.717) is 52.0 Å². The number of rotatable bonds is 11. The lowest BCUT2D eigenvalue weighted by atomic mass is 9.95. The van der Waals surface area contributed by atoms with Crippen LogP contribution in [0.5, 0.6) is 17.2 Å². The molecular formula is C31H36N4O8S. The normalized spacial score (nSPS) is 14.2. The second kappa shape index (κ2) is 14.2. The Morgan fingerprint density at radius 2 is 1.84 bits per heavy atom. The van der Waals surface area contributed by atoms with Crippen LogP contribution in [-0.4, -0.2) is 56.7 Å². The Kier molecular flexibility index (Phi) is 10.4. The van der Waals surface area contributed by atoms with Gasteiger partial charge in [0.1, 0.15) is 6.04 Å². The first-order valence-corrected chi connectivity index (χ1v) is 14.9. The van der Waals surface area contributed by atoms with E-state index in [2.05, 4.69) is 20.9 Å². The average Bonchev–Trinajstić information content (AvgIpc) is 3.29. The monoisotopic (exact) mass is 624 g/mol. The Morgan fingerprint density at radius 3 is 2.50 bits per heavy atom. The van der Waals surface area contributed by atoms with Crippen LogP contribution in [0.25, 0.3) is 11.1 Å². The zero-order valence-corrected chi connectivity index (χ0v) is 26.3. The summed E-state index contributed by atoms with van der Waals surface area (Å²) < 4.78 is 22.0. The van der Waals surface area contributed by atoms with Crippen LogP contribution < -0.4 is 35.6 Å². The van der Waals surface area contributed by atoms with Crippen molar-refractivity contribution in [2.24, 2.45) is 0 Å². The van der Waals surface area contributed by atoms with Crippen molar-refractivity contribution in [3.05, 3.63) is 56.7 Å². The van der Waals surface area contributed by atoms with Gasteiger partial charge in [0, 0.05) is 17.9 Å². The second-order valence-electron chi connectivity index (χ2n) is 10.1. The third kappa shape index (κ3) is 7.10. The molecule has 0 spiro atoms. The first-order chi connectivity index (χ1) is 21.1. The van der Waals surface area contributed by atoms with E-state index in [1.54, 1.807) is 38.5 Å². The summed E-state index contributed by atoms with van der Waals surface area (Å²) in [4.78, 5) is 54.8. The number of carbonyl (C=O) groups excluding carboxylic acids is 3. The van der Waals surface area contributed by atoms with E-state index < -0.39 is 24.0 Å². The van der Waals surface area contributed by atoms with Crippen LogP contribution in [0.3, 0.4) is 0 Å². The molecule has 0 saturated carbocycles. The molecule has 1 aromatic heterocycles. The van der Waals surface area contributed by atoms with Crippen LogP contribution >= 0.6 is 11.3 Å².